The molecule has 0 saturated carbocycles. The van der Waals surface area contributed by atoms with Crippen molar-refractivity contribution in [1.82, 2.24) is 5.32 Å². The Morgan fingerprint density at radius 2 is 2.30 bits per heavy atom. The van der Waals surface area contributed by atoms with E-state index in [4.69, 9.17) is 0 Å². The lowest BCUT2D eigenvalue weighted by Crippen LogP contribution is -2.43. The largest absolute Gasteiger partial charge is 0.311 e. The molecule has 1 fully saturated rings. The molecule has 3 heteroatoms. The summed E-state index contributed by atoms with van der Waals surface area (Å²) < 4.78 is 25.2. The first-order valence-electron chi connectivity index (χ1n) is 3.72. The molecule has 60 valence electrons. The Labute approximate surface area is 59.8 Å². The van der Waals surface area contributed by atoms with E-state index in [1.54, 1.807) is 0 Å². The third-order valence-corrected chi connectivity index (χ3v) is 1.98. The zero-order valence-corrected chi connectivity index (χ0v) is 6.16. The molecule has 1 saturated heterocycles. The van der Waals surface area contributed by atoms with E-state index in [0.717, 1.165) is 13.0 Å². The number of hydrogen-bond donors (Lipinski definition) is 1. The predicted octanol–water partition coefficient (Wildman–Crippen LogP) is 1.64. The van der Waals surface area contributed by atoms with Crippen molar-refractivity contribution in [1.29, 1.82) is 0 Å². The molecule has 0 bridgehead atoms. The van der Waals surface area contributed by atoms with E-state index < -0.39 is 5.92 Å². The fraction of sp³-hybridized carbons (Fsp3) is 1.00. The van der Waals surface area contributed by atoms with Gasteiger partial charge in [-0.3, -0.25) is 0 Å². The minimum Gasteiger partial charge on any atom is -0.311 e. The van der Waals surface area contributed by atoms with Crippen LogP contribution in [0.1, 0.15) is 19.8 Å². The smallest absolute Gasteiger partial charge is 0.260 e. The molecule has 1 nitrogen and oxygen atoms in total. The summed E-state index contributed by atoms with van der Waals surface area (Å²) >= 11 is 0. The minimum atomic E-state index is -2.46. The van der Waals surface area contributed by atoms with Crippen LogP contribution in [0.25, 0.3) is 0 Å². The van der Waals surface area contributed by atoms with Crippen molar-refractivity contribution in [3.05, 3.63) is 0 Å². The number of rotatable bonds is 1. The predicted molar refractivity (Wildman–Crippen MR) is 36.2 cm³/mol. The minimum absolute atomic E-state index is 0.0660. The lowest BCUT2D eigenvalue weighted by Gasteiger charge is -2.28. The number of halogens is 2. The van der Waals surface area contributed by atoms with Crippen molar-refractivity contribution in [2.45, 2.75) is 25.7 Å². The fourth-order valence-electron chi connectivity index (χ4n) is 1.31. The molecular formula is C7H13F2N. The van der Waals surface area contributed by atoms with Crippen LogP contribution in [0, 0.1) is 5.92 Å². The fourth-order valence-corrected chi connectivity index (χ4v) is 1.31. The standard InChI is InChI=1S/C7H13F2N/c1-2-6-3-7(8,9)5-10-4-6/h6,10H,2-5H2,1H3. The Morgan fingerprint density at radius 1 is 1.60 bits per heavy atom. The van der Waals surface area contributed by atoms with Crippen molar-refractivity contribution in [3.63, 3.8) is 0 Å². The maximum atomic E-state index is 12.6. The second-order valence-corrected chi connectivity index (χ2v) is 2.97. The Bertz CT molecular complexity index is 114. The van der Waals surface area contributed by atoms with E-state index in [2.05, 4.69) is 5.32 Å². The van der Waals surface area contributed by atoms with Crippen LogP contribution in [-0.4, -0.2) is 19.0 Å². The van der Waals surface area contributed by atoms with E-state index in [0.29, 0.717) is 0 Å². The van der Waals surface area contributed by atoms with Crippen LogP contribution >= 0.6 is 0 Å². The highest BCUT2D eigenvalue weighted by atomic mass is 19.3. The number of hydrogen-bond acceptors (Lipinski definition) is 1. The molecular weight excluding hydrogens is 136 g/mol. The molecule has 1 unspecified atom stereocenters. The van der Waals surface area contributed by atoms with Gasteiger partial charge in [-0.15, -0.1) is 0 Å². The first-order chi connectivity index (χ1) is 4.64. The van der Waals surface area contributed by atoms with Gasteiger partial charge in [-0.25, -0.2) is 8.78 Å². The molecule has 0 spiro atoms. The summed E-state index contributed by atoms with van der Waals surface area (Å²) in [6.45, 7) is 2.57. The Balaban J connectivity index is 2.40. The van der Waals surface area contributed by atoms with Gasteiger partial charge in [0.25, 0.3) is 5.92 Å². The van der Waals surface area contributed by atoms with E-state index >= 15 is 0 Å². The molecule has 0 aromatic rings. The highest BCUT2D eigenvalue weighted by Crippen LogP contribution is 2.27. The average molecular weight is 149 g/mol. The zero-order chi connectivity index (χ0) is 7.61. The van der Waals surface area contributed by atoms with Crippen LogP contribution < -0.4 is 5.32 Å². The quantitative estimate of drug-likeness (QED) is 0.597. The molecule has 1 N–H and O–H groups in total. The third kappa shape index (κ3) is 1.90. The first kappa shape index (κ1) is 7.92. The normalized spacial score (nSPS) is 32.1. The van der Waals surface area contributed by atoms with Gasteiger partial charge in [-0.2, -0.15) is 0 Å². The summed E-state index contributed by atoms with van der Waals surface area (Å²) in [6, 6.07) is 0. The molecule has 0 aromatic carbocycles. The molecule has 1 aliphatic heterocycles. The second-order valence-electron chi connectivity index (χ2n) is 2.97. The third-order valence-electron chi connectivity index (χ3n) is 1.98. The van der Waals surface area contributed by atoms with Gasteiger partial charge in [0.15, 0.2) is 0 Å². The lowest BCUT2D eigenvalue weighted by atomic mass is 9.95. The molecule has 0 radical (unpaired) electrons. The van der Waals surface area contributed by atoms with Crippen molar-refractivity contribution in [3.8, 4) is 0 Å². The maximum Gasteiger partial charge on any atom is 0.260 e. The molecule has 10 heavy (non-hydrogen) atoms. The topological polar surface area (TPSA) is 12.0 Å². The monoisotopic (exact) mass is 149 g/mol. The molecule has 1 atom stereocenters. The highest BCUT2D eigenvalue weighted by molar-refractivity contribution is 4.80. The van der Waals surface area contributed by atoms with Gasteiger partial charge in [0.2, 0.25) is 0 Å². The summed E-state index contributed by atoms with van der Waals surface area (Å²) in [5, 5.41) is 2.73. The summed E-state index contributed by atoms with van der Waals surface area (Å²) in [7, 11) is 0. The van der Waals surface area contributed by atoms with E-state index in [1.807, 2.05) is 6.92 Å². The molecule has 1 rings (SSSR count). The van der Waals surface area contributed by atoms with Crippen LogP contribution in [0.15, 0.2) is 0 Å². The van der Waals surface area contributed by atoms with Gasteiger partial charge < -0.3 is 5.32 Å². The number of piperidine rings is 1. The summed E-state index contributed by atoms with van der Waals surface area (Å²) in [5.41, 5.74) is 0. The van der Waals surface area contributed by atoms with Crippen LogP contribution in [0.5, 0.6) is 0 Å². The second kappa shape index (κ2) is 2.82. The summed E-state index contributed by atoms with van der Waals surface area (Å²) in [4.78, 5) is 0. The Morgan fingerprint density at radius 3 is 2.70 bits per heavy atom. The number of nitrogens with one attached hydrogen (secondary N) is 1. The van der Waals surface area contributed by atoms with Gasteiger partial charge in [0.1, 0.15) is 0 Å². The van der Waals surface area contributed by atoms with Gasteiger partial charge in [0.05, 0.1) is 6.54 Å². The van der Waals surface area contributed by atoms with Crippen LogP contribution in [0.3, 0.4) is 0 Å². The van der Waals surface area contributed by atoms with Crippen molar-refractivity contribution < 1.29 is 8.78 Å². The average Bonchev–Trinajstić information content (AvgIpc) is 1.86. The van der Waals surface area contributed by atoms with Gasteiger partial charge >= 0.3 is 0 Å². The first-order valence-corrected chi connectivity index (χ1v) is 3.72. The number of alkyl halides is 2. The molecule has 0 aromatic heterocycles. The van der Waals surface area contributed by atoms with Crippen molar-refractivity contribution >= 4 is 0 Å². The van der Waals surface area contributed by atoms with E-state index in [1.165, 1.54) is 0 Å². The lowest BCUT2D eigenvalue weighted by molar-refractivity contribution is -0.0396. The molecule has 0 amide bonds. The molecule has 1 heterocycles. The van der Waals surface area contributed by atoms with Gasteiger partial charge in [0, 0.05) is 6.42 Å². The molecule has 0 aliphatic carbocycles. The highest BCUT2D eigenvalue weighted by Gasteiger charge is 2.35. The van der Waals surface area contributed by atoms with E-state index in [9.17, 15) is 8.78 Å². The summed E-state index contributed by atoms with van der Waals surface area (Å²) in [5.74, 6) is -2.29. The van der Waals surface area contributed by atoms with Crippen LogP contribution in [0.2, 0.25) is 0 Å². The zero-order valence-electron chi connectivity index (χ0n) is 6.16. The SMILES string of the molecule is CCC1CNCC(F)(F)C1. The van der Waals surface area contributed by atoms with Crippen LogP contribution in [-0.2, 0) is 0 Å². The van der Waals surface area contributed by atoms with Crippen molar-refractivity contribution in [2.24, 2.45) is 5.92 Å². The maximum absolute atomic E-state index is 12.6. The van der Waals surface area contributed by atoms with Crippen LogP contribution in [0.4, 0.5) is 8.78 Å². The summed E-state index contributed by atoms with van der Waals surface area (Å²) in [6.07, 6.45) is 0.916. The van der Waals surface area contributed by atoms with Gasteiger partial charge in [-0.1, -0.05) is 13.3 Å². The van der Waals surface area contributed by atoms with E-state index in [-0.39, 0.29) is 18.9 Å². The van der Waals surface area contributed by atoms with Crippen molar-refractivity contribution in [2.75, 3.05) is 13.1 Å². The Kier molecular flexibility index (Phi) is 2.24. The molecule has 1 aliphatic rings. The van der Waals surface area contributed by atoms with Gasteiger partial charge in [-0.05, 0) is 12.5 Å². The Hall–Kier alpha value is -0.180.